The summed E-state index contributed by atoms with van der Waals surface area (Å²) in [5.41, 5.74) is 11.2. The number of carbonyl (C=O) groups excluding carboxylic acids is 2. The molecule has 1 saturated carbocycles. The van der Waals surface area contributed by atoms with Crippen LogP contribution < -0.4 is 16.8 Å². The monoisotopic (exact) mass is 282 g/mol. The van der Waals surface area contributed by atoms with Crippen molar-refractivity contribution in [2.75, 3.05) is 13.1 Å². The standard InChI is InChI=1S/C14H26N4O2/c15-12-6-3-4-10(12)8-13(19)18-7-2-1-5-11(18)9-17-14(16)20/h10-12H,1-9,15H2,(H3,16,17,20)/t10-,11?,12+/m0/s1. The highest BCUT2D eigenvalue weighted by Gasteiger charge is 2.31. The lowest BCUT2D eigenvalue weighted by Gasteiger charge is -2.36. The number of nitrogens with one attached hydrogen (secondary N) is 1. The largest absolute Gasteiger partial charge is 0.352 e. The van der Waals surface area contributed by atoms with Gasteiger partial charge >= 0.3 is 6.03 Å². The van der Waals surface area contributed by atoms with Gasteiger partial charge in [-0.25, -0.2) is 4.79 Å². The number of carbonyl (C=O) groups is 2. The van der Waals surface area contributed by atoms with Crippen LogP contribution in [0.1, 0.15) is 44.9 Å². The normalized spacial score (nSPS) is 30.2. The van der Waals surface area contributed by atoms with Gasteiger partial charge < -0.3 is 21.7 Å². The van der Waals surface area contributed by atoms with E-state index in [4.69, 9.17) is 11.5 Å². The van der Waals surface area contributed by atoms with Crippen LogP contribution in [-0.2, 0) is 4.79 Å². The van der Waals surface area contributed by atoms with Crippen LogP contribution in [0.5, 0.6) is 0 Å². The van der Waals surface area contributed by atoms with E-state index in [-0.39, 0.29) is 18.0 Å². The van der Waals surface area contributed by atoms with Crippen molar-refractivity contribution in [3.05, 3.63) is 0 Å². The van der Waals surface area contributed by atoms with E-state index in [1.165, 1.54) is 0 Å². The van der Waals surface area contributed by atoms with Gasteiger partial charge in [-0.15, -0.1) is 0 Å². The van der Waals surface area contributed by atoms with Crippen molar-refractivity contribution in [1.29, 1.82) is 0 Å². The van der Waals surface area contributed by atoms with Crippen molar-refractivity contribution in [2.45, 2.75) is 57.0 Å². The second-order valence-corrected chi connectivity index (χ2v) is 6.04. The molecule has 0 aromatic rings. The maximum absolute atomic E-state index is 12.5. The third kappa shape index (κ3) is 3.85. The molecule has 1 unspecified atom stereocenters. The van der Waals surface area contributed by atoms with Crippen molar-refractivity contribution < 1.29 is 9.59 Å². The topological polar surface area (TPSA) is 101 Å². The van der Waals surface area contributed by atoms with E-state index in [9.17, 15) is 9.59 Å². The molecule has 2 rings (SSSR count). The van der Waals surface area contributed by atoms with Gasteiger partial charge in [0.1, 0.15) is 0 Å². The molecule has 2 aliphatic rings. The second kappa shape index (κ2) is 6.92. The van der Waals surface area contributed by atoms with E-state index in [2.05, 4.69) is 5.32 Å². The quantitative estimate of drug-likeness (QED) is 0.702. The number of primary amides is 1. The summed E-state index contributed by atoms with van der Waals surface area (Å²) < 4.78 is 0. The average Bonchev–Trinajstić information content (AvgIpc) is 2.82. The molecule has 114 valence electrons. The first-order chi connectivity index (χ1) is 9.58. The Labute approximate surface area is 120 Å². The minimum atomic E-state index is -0.527. The molecular weight excluding hydrogens is 256 g/mol. The summed E-state index contributed by atoms with van der Waals surface area (Å²) in [5, 5.41) is 2.62. The van der Waals surface area contributed by atoms with E-state index in [0.29, 0.717) is 18.9 Å². The minimum Gasteiger partial charge on any atom is -0.352 e. The van der Waals surface area contributed by atoms with E-state index < -0.39 is 6.03 Å². The Morgan fingerprint density at radius 3 is 2.60 bits per heavy atom. The van der Waals surface area contributed by atoms with E-state index in [1.54, 1.807) is 0 Å². The van der Waals surface area contributed by atoms with Gasteiger partial charge in [0.15, 0.2) is 0 Å². The molecule has 0 aromatic carbocycles. The van der Waals surface area contributed by atoms with Gasteiger partial charge in [0, 0.05) is 31.6 Å². The summed E-state index contributed by atoms with van der Waals surface area (Å²) in [5.74, 6) is 0.512. The van der Waals surface area contributed by atoms with Gasteiger partial charge in [-0.2, -0.15) is 0 Å². The van der Waals surface area contributed by atoms with E-state index in [0.717, 1.165) is 45.1 Å². The lowest BCUT2D eigenvalue weighted by Crippen LogP contribution is -2.50. The third-order valence-corrected chi connectivity index (χ3v) is 4.61. The Balaban J connectivity index is 1.89. The molecule has 0 bridgehead atoms. The van der Waals surface area contributed by atoms with Gasteiger partial charge in [0.25, 0.3) is 0 Å². The first-order valence-electron chi connectivity index (χ1n) is 7.66. The molecule has 0 aromatic heterocycles. The number of hydrogen-bond acceptors (Lipinski definition) is 3. The molecule has 1 aliphatic carbocycles. The molecule has 0 radical (unpaired) electrons. The lowest BCUT2D eigenvalue weighted by atomic mass is 9.96. The number of amides is 3. The summed E-state index contributed by atoms with van der Waals surface area (Å²) in [6, 6.07) is -0.270. The Hall–Kier alpha value is -1.30. The van der Waals surface area contributed by atoms with Gasteiger partial charge in [-0.1, -0.05) is 6.42 Å². The predicted octanol–water partition coefficient (Wildman–Crippen LogP) is 0.553. The molecule has 2 fully saturated rings. The number of likely N-dealkylation sites (tertiary alicyclic amines) is 1. The second-order valence-electron chi connectivity index (χ2n) is 6.04. The molecule has 20 heavy (non-hydrogen) atoms. The number of nitrogens with zero attached hydrogens (tertiary/aromatic N) is 1. The summed E-state index contributed by atoms with van der Waals surface area (Å²) >= 11 is 0. The molecule has 5 N–H and O–H groups in total. The molecule has 6 heteroatoms. The highest BCUT2D eigenvalue weighted by molar-refractivity contribution is 5.77. The van der Waals surface area contributed by atoms with Crippen molar-refractivity contribution in [1.82, 2.24) is 10.2 Å². The molecule has 3 amide bonds. The first-order valence-corrected chi connectivity index (χ1v) is 7.66. The summed E-state index contributed by atoms with van der Waals surface area (Å²) in [7, 11) is 0. The predicted molar refractivity (Wildman–Crippen MR) is 76.9 cm³/mol. The Kier molecular flexibility index (Phi) is 5.23. The maximum atomic E-state index is 12.5. The third-order valence-electron chi connectivity index (χ3n) is 4.61. The molecule has 1 heterocycles. The zero-order chi connectivity index (χ0) is 14.5. The van der Waals surface area contributed by atoms with Crippen LogP contribution in [0.25, 0.3) is 0 Å². The number of urea groups is 1. The average molecular weight is 282 g/mol. The van der Waals surface area contributed by atoms with Gasteiger partial charge in [0.05, 0.1) is 0 Å². The molecule has 1 aliphatic heterocycles. The Morgan fingerprint density at radius 2 is 1.95 bits per heavy atom. The minimum absolute atomic E-state index is 0.0846. The fourth-order valence-electron chi connectivity index (χ4n) is 3.42. The van der Waals surface area contributed by atoms with Crippen molar-refractivity contribution in [3.63, 3.8) is 0 Å². The van der Waals surface area contributed by atoms with Crippen LogP contribution in [0.2, 0.25) is 0 Å². The van der Waals surface area contributed by atoms with Gasteiger partial charge in [-0.3, -0.25) is 4.79 Å². The number of hydrogen-bond donors (Lipinski definition) is 3. The van der Waals surface area contributed by atoms with E-state index >= 15 is 0 Å². The van der Waals surface area contributed by atoms with Crippen LogP contribution in [-0.4, -0.2) is 42.0 Å². The number of nitrogens with two attached hydrogens (primary N) is 2. The van der Waals surface area contributed by atoms with E-state index in [1.807, 2.05) is 4.90 Å². The smallest absolute Gasteiger partial charge is 0.312 e. The van der Waals surface area contributed by atoms with Crippen LogP contribution >= 0.6 is 0 Å². The molecule has 1 saturated heterocycles. The van der Waals surface area contributed by atoms with Crippen LogP contribution in [0.3, 0.4) is 0 Å². The van der Waals surface area contributed by atoms with Crippen LogP contribution in [0.15, 0.2) is 0 Å². The zero-order valence-corrected chi connectivity index (χ0v) is 12.0. The number of piperidine rings is 1. The van der Waals surface area contributed by atoms with Crippen molar-refractivity contribution in [3.8, 4) is 0 Å². The van der Waals surface area contributed by atoms with Crippen LogP contribution in [0.4, 0.5) is 4.79 Å². The molecule has 6 nitrogen and oxygen atoms in total. The van der Waals surface area contributed by atoms with Crippen molar-refractivity contribution in [2.24, 2.45) is 17.4 Å². The summed E-state index contributed by atoms with van der Waals surface area (Å²) in [4.78, 5) is 25.2. The van der Waals surface area contributed by atoms with Crippen molar-refractivity contribution >= 4 is 11.9 Å². The SMILES string of the molecule is NC(=O)NCC1CCCCN1C(=O)C[C@@H]1CCC[C@H]1N. The Bertz CT molecular complexity index is 361. The molecular formula is C14H26N4O2. The first kappa shape index (κ1) is 15.1. The van der Waals surface area contributed by atoms with Gasteiger partial charge in [-0.05, 0) is 38.0 Å². The highest BCUT2D eigenvalue weighted by Crippen LogP contribution is 2.28. The zero-order valence-electron chi connectivity index (χ0n) is 12.0. The summed E-state index contributed by atoms with van der Waals surface area (Å²) in [6.45, 7) is 1.24. The maximum Gasteiger partial charge on any atom is 0.312 e. The van der Waals surface area contributed by atoms with Gasteiger partial charge in [0.2, 0.25) is 5.91 Å². The fourth-order valence-corrected chi connectivity index (χ4v) is 3.42. The van der Waals surface area contributed by atoms with Crippen LogP contribution in [0, 0.1) is 5.92 Å². The molecule has 3 atom stereocenters. The summed E-state index contributed by atoms with van der Waals surface area (Å²) in [6.07, 6.45) is 6.84. The highest BCUT2D eigenvalue weighted by atomic mass is 16.2. The number of rotatable bonds is 4. The Morgan fingerprint density at radius 1 is 1.15 bits per heavy atom. The fraction of sp³-hybridized carbons (Fsp3) is 0.857. The molecule has 0 spiro atoms. The lowest BCUT2D eigenvalue weighted by molar-refractivity contribution is -0.135.